The molecular formula is C19H19N5O3. The normalized spacial score (nSPS) is 19.0. The van der Waals surface area contributed by atoms with Gasteiger partial charge >= 0.3 is 0 Å². The van der Waals surface area contributed by atoms with Crippen LogP contribution in [0.25, 0.3) is 0 Å². The number of aromatic nitrogens is 1. The smallest absolute Gasteiger partial charge is 0.255 e. The lowest BCUT2D eigenvalue weighted by molar-refractivity contribution is -0.136. The number of amides is 3. The first-order chi connectivity index (χ1) is 13.0. The maximum absolute atomic E-state index is 12.8. The van der Waals surface area contributed by atoms with Crippen molar-refractivity contribution in [2.75, 3.05) is 11.1 Å². The highest BCUT2D eigenvalue weighted by atomic mass is 16.2. The van der Waals surface area contributed by atoms with Crippen LogP contribution in [-0.2, 0) is 22.7 Å². The second-order valence-corrected chi connectivity index (χ2v) is 6.69. The number of nitrogens with zero attached hydrogens (tertiary/aromatic N) is 2. The zero-order valence-corrected chi connectivity index (χ0v) is 14.6. The van der Waals surface area contributed by atoms with Gasteiger partial charge in [-0.3, -0.25) is 19.7 Å². The summed E-state index contributed by atoms with van der Waals surface area (Å²) in [4.78, 5) is 42.0. The number of hydrogen-bond donors (Lipinski definition) is 3. The van der Waals surface area contributed by atoms with Crippen LogP contribution < -0.4 is 16.4 Å². The SMILES string of the molecule is Nc1cccc(NCc2ccc3c(c2)C(=O)N(C2CCC(=O)NC2=O)C3)n1. The van der Waals surface area contributed by atoms with E-state index in [4.69, 9.17) is 5.73 Å². The van der Waals surface area contributed by atoms with E-state index in [2.05, 4.69) is 15.6 Å². The van der Waals surface area contributed by atoms with E-state index in [9.17, 15) is 14.4 Å². The topological polar surface area (TPSA) is 117 Å². The number of hydrogen-bond acceptors (Lipinski definition) is 6. The van der Waals surface area contributed by atoms with E-state index in [1.165, 1.54) is 0 Å². The Morgan fingerprint density at radius 2 is 2.07 bits per heavy atom. The van der Waals surface area contributed by atoms with Crippen LogP contribution in [0.5, 0.6) is 0 Å². The molecule has 4 rings (SSSR count). The van der Waals surface area contributed by atoms with Gasteiger partial charge in [-0.2, -0.15) is 0 Å². The lowest BCUT2D eigenvalue weighted by Crippen LogP contribution is -2.52. The number of rotatable bonds is 4. The van der Waals surface area contributed by atoms with Gasteiger partial charge in [0.1, 0.15) is 17.7 Å². The second-order valence-electron chi connectivity index (χ2n) is 6.69. The van der Waals surface area contributed by atoms with Crippen molar-refractivity contribution in [3.05, 3.63) is 53.1 Å². The van der Waals surface area contributed by atoms with Gasteiger partial charge in [0, 0.05) is 25.1 Å². The van der Waals surface area contributed by atoms with Crippen LogP contribution >= 0.6 is 0 Å². The van der Waals surface area contributed by atoms with Crippen molar-refractivity contribution < 1.29 is 14.4 Å². The summed E-state index contributed by atoms with van der Waals surface area (Å²) in [5, 5.41) is 5.49. The summed E-state index contributed by atoms with van der Waals surface area (Å²) in [5.74, 6) is 0.227. The molecule has 1 saturated heterocycles. The molecule has 1 atom stereocenters. The molecule has 27 heavy (non-hydrogen) atoms. The summed E-state index contributed by atoms with van der Waals surface area (Å²) in [5.41, 5.74) is 8.08. The Hall–Kier alpha value is -3.42. The minimum absolute atomic E-state index is 0.177. The molecule has 0 spiro atoms. The van der Waals surface area contributed by atoms with E-state index in [0.29, 0.717) is 36.7 Å². The molecule has 8 nitrogen and oxygen atoms in total. The van der Waals surface area contributed by atoms with Gasteiger partial charge in [-0.05, 0) is 35.7 Å². The Labute approximate surface area is 155 Å². The van der Waals surface area contributed by atoms with Crippen LogP contribution in [0.4, 0.5) is 11.6 Å². The van der Waals surface area contributed by atoms with Gasteiger partial charge in [-0.25, -0.2) is 4.98 Å². The minimum Gasteiger partial charge on any atom is -0.384 e. The fourth-order valence-corrected chi connectivity index (χ4v) is 3.45. The molecule has 2 aliphatic heterocycles. The molecule has 2 aliphatic rings. The van der Waals surface area contributed by atoms with Crippen LogP contribution in [0.2, 0.25) is 0 Å². The number of anilines is 2. The molecule has 0 bridgehead atoms. The summed E-state index contributed by atoms with van der Waals surface area (Å²) in [6.45, 7) is 0.875. The fourth-order valence-electron chi connectivity index (χ4n) is 3.45. The van der Waals surface area contributed by atoms with E-state index >= 15 is 0 Å². The number of pyridine rings is 1. The quantitative estimate of drug-likeness (QED) is 0.697. The molecule has 1 fully saturated rings. The third-order valence-electron chi connectivity index (χ3n) is 4.84. The number of imide groups is 1. The van der Waals surface area contributed by atoms with Crippen molar-refractivity contribution in [3.63, 3.8) is 0 Å². The molecule has 3 amide bonds. The summed E-state index contributed by atoms with van der Waals surface area (Å²) in [6, 6.07) is 10.4. The highest BCUT2D eigenvalue weighted by Crippen LogP contribution is 2.28. The van der Waals surface area contributed by atoms with Crippen LogP contribution in [0.15, 0.2) is 36.4 Å². The predicted octanol–water partition coefficient (Wildman–Crippen LogP) is 1.04. The molecule has 0 radical (unpaired) electrons. The number of nitrogens with two attached hydrogens (primary N) is 1. The first kappa shape index (κ1) is 17.0. The first-order valence-corrected chi connectivity index (χ1v) is 8.74. The van der Waals surface area contributed by atoms with E-state index < -0.39 is 11.9 Å². The summed E-state index contributed by atoms with van der Waals surface area (Å²) in [7, 11) is 0. The van der Waals surface area contributed by atoms with Gasteiger partial charge < -0.3 is 16.0 Å². The molecule has 1 aromatic heterocycles. The number of piperidine rings is 1. The minimum atomic E-state index is -0.597. The molecule has 1 aromatic carbocycles. The third kappa shape index (κ3) is 3.33. The monoisotopic (exact) mass is 365 g/mol. The summed E-state index contributed by atoms with van der Waals surface area (Å²) in [6.07, 6.45) is 0.610. The Bertz CT molecular complexity index is 943. The largest absolute Gasteiger partial charge is 0.384 e. The Morgan fingerprint density at radius 1 is 1.22 bits per heavy atom. The molecule has 4 N–H and O–H groups in total. The second kappa shape index (κ2) is 6.71. The maximum Gasteiger partial charge on any atom is 0.255 e. The molecule has 0 aliphatic carbocycles. The van der Waals surface area contributed by atoms with Gasteiger partial charge in [0.05, 0.1) is 0 Å². The predicted molar refractivity (Wildman–Crippen MR) is 98.5 cm³/mol. The van der Waals surface area contributed by atoms with Crippen molar-refractivity contribution in [2.45, 2.75) is 32.0 Å². The Balaban J connectivity index is 1.48. The molecule has 0 saturated carbocycles. The van der Waals surface area contributed by atoms with Gasteiger partial charge in [0.25, 0.3) is 5.91 Å². The van der Waals surface area contributed by atoms with Crippen LogP contribution in [0, 0.1) is 0 Å². The number of carbonyl (C=O) groups is 3. The zero-order chi connectivity index (χ0) is 19.0. The Kier molecular flexibility index (Phi) is 4.23. The van der Waals surface area contributed by atoms with E-state index in [1.54, 1.807) is 11.0 Å². The van der Waals surface area contributed by atoms with Crippen molar-refractivity contribution in [3.8, 4) is 0 Å². The highest BCUT2D eigenvalue weighted by Gasteiger charge is 2.39. The number of carbonyl (C=O) groups excluding carboxylic acids is 3. The molecule has 8 heteroatoms. The standard InChI is InChI=1S/C19H19N5O3/c20-15-2-1-3-16(22-15)21-9-11-4-5-12-10-24(19(27)13(12)8-11)14-6-7-17(25)23-18(14)26/h1-5,8,14H,6-7,9-10H2,(H3,20,21,22)(H,23,25,26). The fraction of sp³-hybridized carbons (Fsp3) is 0.263. The third-order valence-corrected chi connectivity index (χ3v) is 4.84. The molecule has 1 unspecified atom stereocenters. The number of fused-ring (bicyclic) bond motifs is 1. The van der Waals surface area contributed by atoms with Gasteiger partial charge in [-0.1, -0.05) is 18.2 Å². The van der Waals surface area contributed by atoms with E-state index in [-0.39, 0.29) is 18.2 Å². The van der Waals surface area contributed by atoms with Crippen molar-refractivity contribution in [2.24, 2.45) is 0 Å². The van der Waals surface area contributed by atoms with E-state index in [1.807, 2.05) is 30.3 Å². The molecule has 138 valence electrons. The van der Waals surface area contributed by atoms with Crippen molar-refractivity contribution in [1.29, 1.82) is 0 Å². The highest BCUT2D eigenvalue weighted by molar-refractivity contribution is 6.05. The zero-order valence-electron chi connectivity index (χ0n) is 14.6. The lowest BCUT2D eigenvalue weighted by Gasteiger charge is -2.29. The lowest BCUT2D eigenvalue weighted by atomic mass is 10.0. The average Bonchev–Trinajstić information content (AvgIpc) is 2.96. The van der Waals surface area contributed by atoms with Crippen LogP contribution in [0.3, 0.4) is 0 Å². The van der Waals surface area contributed by atoms with E-state index in [0.717, 1.165) is 11.1 Å². The van der Waals surface area contributed by atoms with Crippen LogP contribution in [0.1, 0.15) is 34.3 Å². The Morgan fingerprint density at radius 3 is 2.85 bits per heavy atom. The summed E-state index contributed by atoms with van der Waals surface area (Å²) >= 11 is 0. The van der Waals surface area contributed by atoms with Gasteiger partial charge in [-0.15, -0.1) is 0 Å². The first-order valence-electron chi connectivity index (χ1n) is 8.74. The molecule has 2 aromatic rings. The van der Waals surface area contributed by atoms with Gasteiger partial charge in [0.2, 0.25) is 11.8 Å². The van der Waals surface area contributed by atoms with Crippen molar-refractivity contribution >= 4 is 29.4 Å². The van der Waals surface area contributed by atoms with Gasteiger partial charge in [0.15, 0.2) is 0 Å². The molecule has 3 heterocycles. The summed E-state index contributed by atoms with van der Waals surface area (Å²) < 4.78 is 0. The van der Waals surface area contributed by atoms with Crippen molar-refractivity contribution in [1.82, 2.24) is 15.2 Å². The number of nitrogens with one attached hydrogen (secondary N) is 2. The maximum atomic E-state index is 12.8. The average molecular weight is 365 g/mol. The number of nitrogen functional groups attached to an aromatic ring is 1. The number of benzene rings is 1. The molecular weight excluding hydrogens is 346 g/mol. The van der Waals surface area contributed by atoms with Crippen LogP contribution in [-0.4, -0.2) is 33.6 Å².